The fraction of sp³-hybridized carbons (Fsp3) is 0.846. The predicted molar refractivity (Wildman–Crippen MR) is 57.6 cm³/mol. The predicted octanol–water partition coefficient (Wildman–Crippen LogP) is 4.17. The van der Waals surface area contributed by atoms with Crippen LogP contribution in [0.2, 0.25) is 0 Å². The van der Waals surface area contributed by atoms with Gasteiger partial charge in [-0.2, -0.15) is 0 Å². The molecule has 0 radical (unpaired) electrons. The highest BCUT2D eigenvalue weighted by Crippen LogP contribution is 2.59. The van der Waals surface area contributed by atoms with Gasteiger partial charge in [0.1, 0.15) is 0 Å². The molecule has 0 aromatic heterocycles. The zero-order valence-corrected chi connectivity index (χ0v) is 9.48. The molecule has 0 aliphatic heterocycles. The molecule has 0 aromatic carbocycles. The molecule has 1 fully saturated rings. The lowest BCUT2D eigenvalue weighted by atomic mass is 9.56. The van der Waals surface area contributed by atoms with Crippen molar-refractivity contribution in [1.29, 1.82) is 0 Å². The third-order valence-electron chi connectivity index (χ3n) is 4.79. The van der Waals surface area contributed by atoms with E-state index in [1.54, 1.807) is 5.57 Å². The number of allylic oxidation sites excluding steroid dienone is 2. The van der Waals surface area contributed by atoms with Crippen molar-refractivity contribution in [2.75, 3.05) is 0 Å². The Bertz CT molecular complexity index is 247. The first-order chi connectivity index (χ1) is 5.97. The number of rotatable bonds is 0. The highest BCUT2D eigenvalue weighted by atomic mass is 14.5. The van der Waals surface area contributed by atoms with Crippen LogP contribution < -0.4 is 0 Å². The second-order valence-electron chi connectivity index (χ2n) is 5.94. The van der Waals surface area contributed by atoms with E-state index in [9.17, 15) is 0 Å². The minimum atomic E-state index is 0.543. The molecule has 2 rings (SSSR count). The summed E-state index contributed by atoms with van der Waals surface area (Å²) >= 11 is 0. The highest BCUT2D eigenvalue weighted by Gasteiger charge is 2.48. The first kappa shape index (κ1) is 9.30. The van der Waals surface area contributed by atoms with Crippen molar-refractivity contribution in [2.45, 2.75) is 53.4 Å². The monoisotopic (exact) mass is 178 g/mol. The Balaban J connectivity index is 2.33. The Morgan fingerprint density at radius 2 is 1.92 bits per heavy atom. The average molecular weight is 178 g/mol. The van der Waals surface area contributed by atoms with Crippen molar-refractivity contribution >= 4 is 0 Å². The Morgan fingerprint density at radius 3 is 2.54 bits per heavy atom. The van der Waals surface area contributed by atoms with Crippen LogP contribution in [0.25, 0.3) is 0 Å². The molecule has 0 spiro atoms. The molecule has 0 heterocycles. The maximum Gasteiger partial charge on any atom is -0.00829 e. The Kier molecular flexibility index (Phi) is 1.87. The summed E-state index contributed by atoms with van der Waals surface area (Å²) in [6.07, 6.45) is 8.08. The smallest absolute Gasteiger partial charge is 0.00829 e. The Hall–Kier alpha value is -0.260. The standard InChI is InChI=1S/C13H22/c1-10-6-7-11-12(2,3)8-5-9-13(10,11)4/h6,11H,5,7-9H2,1-4H3/t11?,13-/m1/s1. The SMILES string of the molecule is CC1=CCC2C(C)(C)CCC[C@]12C. The first-order valence-electron chi connectivity index (χ1n) is 5.64. The summed E-state index contributed by atoms with van der Waals surface area (Å²) < 4.78 is 0. The molecule has 2 aliphatic carbocycles. The van der Waals surface area contributed by atoms with Crippen LogP contribution in [0.4, 0.5) is 0 Å². The lowest BCUT2D eigenvalue weighted by Gasteiger charge is -2.48. The summed E-state index contributed by atoms with van der Waals surface area (Å²) in [4.78, 5) is 0. The van der Waals surface area contributed by atoms with E-state index in [-0.39, 0.29) is 0 Å². The van der Waals surface area contributed by atoms with Gasteiger partial charge in [0.25, 0.3) is 0 Å². The molecule has 2 atom stereocenters. The molecule has 0 amide bonds. The normalized spacial score (nSPS) is 42.8. The molecule has 2 aliphatic rings. The van der Waals surface area contributed by atoms with Crippen molar-refractivity contribution in [3.05, 3.63) is 11.6 Å². The Labute approximate surface area is 82.4 Å². The van der Waals surface area contributed by atoms with Crippen LogP contribution in [0.3, 0.4) is 0 Å². The summed E-state index contributed by atoms with van der Waals surface area (Å²) in [7, 11) is 0. The summed E-state index contributed by atoms with van der Waals surface area (Å²) in [5.74, 6) is 0.911. The van der Waals surface area contributed by atoms with Crippen LogP contribution in [-0.4, -0.2) is 0 Å². The fourth-order valence-electron chi connectivity index (χ4n) is 3.70. The largest absolute Gasteiger partial charge is 0.0847 e. The van der Waals surface area contributed by atoms with Gasteiger partial charge in [-0.3, -0.25) is 0 Å². The molecule has 13 heavy (non-hydrogen) atoms. The van der Waals surface area contributed by atoms with E-state index in [0.29, 0.717) is 10.8 Å². The van der Waals surface area contributed by atoms with E-state index < -0.39 is 0 Å². The second-order valence-corrected chi connectivity index (χ2v) is 5.94. The molecular formula is C13H22. The van der Waals surface area contributed by atoms with E-state index in [1.807, 2.05) is 0 Å². The molecule has 0 aromatic rings. The van der Waals surface area contributed by atoms with Gasteiger partial charge < -0.3 is 0 Å². The topological polar surface area (TPSA) is 0 Å². The van der Waals surface area contributed by atoms with Gasteiger partial charge in [0.05, 0.1) is 0 Å². The van der Waals surface area contributed by atoms with Gasteiger partial charge in [-0.15, -0.1) is 0 Å². The van der Waals surface area contributed by atoms with Crippen molar-refractivity contribution in [3.63, 3.8) is 0 Å². The van der Waals surface area contributed by atoms with Crippen LogP contribution in [0.1, 0.15) is 53.4 Å². The lowest BCUT2D eigenvalue weighted by molar-refractivity contribution is 0.0421. The maximum absolute atomic E-state index is 2.48. The third kappa shape index (κ3) is 1.18. The molecule has 0 N–H and O–H groups in total. The molecule has 0 nitrogen and oxygen atoms in total. The minimum absolute atomic E-state index is 0.543. The van der Waals surface area contributed by atoms with Gasteiger partial charge in [0.15, 0.2) is 0 Å². The van der Waals surface area contributed by atoms with E-state index in [1.165, 1.54) is 25.7 Å². The molecule has 1 saturated carbocycles. The fourth-order valence-corrected chi connectivity index (χ4v) is 3.70. The maximum atomic E-state index is 2.48. The molecule has 0 saturated heterocycles. The van der Waals surface area contributed by atoms with Crippen LogP contribution in [0.5, 0.6) is 0 Å². The van der Waals surface area contributed by atoms with E-state index in [0.717, 1.165) is 5.92 Å². The summed E-state index contributed by atoms with van der Waals surface area (Å²) in [6.45, 7) is 9.74. The van der Waals surface area contributed by atoms with Crippen LogP contribution in [0, 0.1) is 16.7 Å². The van der Waals surface area contributed by atoms with Crippen LogP contribution >= 0.6 is 0 Å². The highest BCUT2D eigenvalue weighted by molar-refractivity contribution is 5.22. The van der Waals surface area contributed by atoms with E-state index in [4.69, 9.17) is 0 Å². The number of fused-ring (bicyclic) bond motifs is 1. The zero-order valence-electron chi connectivity index (χ0n) is 9.48. The summed E-state index contributed by atoms with van der Waals surface area (Å²) in [6, 6.07) is 0. The number of hydrogen-bond donors (Lipinski definition) is 0. The van der Waals surface area contributed by atoms with Crippen molar-refractivity contribution in [3.8, 4) is 0 Å². The van der Waals surface area contributed by atoms with Gasteiger partial charge in [0, 0.05) is 0 Å². The zero-order chi connectivity index (χ0) is 9.69. The quantitative estimate of drug-likeness (QED) is 0.488. The molecule has 74 valence electrons. The van der Waals surface area contributed by atoms with Gasteiger partial charge in [-0.1, -0.05) is 38.8 Å². The van der Waals surface area contributed by atoms with Crippen LogP contribution in [0.15, 0.2) is 11.6 Å². The van der Waals surface area contributed by atoms with E-state index >= 15 is 0 Å². The molecule has 0 bridgehead atoms. The summed E-state index contributed by atoms with van der Waals surface area (Å²) in [5, 5.41) is 0. The van der Waals surface area contributed by atoms with Crippen LogP contribution in [-0.2, 0) is 0 Å². The lowest BCUT2D eigenvalue weighted by Crippen LogP contribution is -2.39. The molecular weight excluding hydrogens is 156 g/mol. The average Bonchev–Trinajstić information content (AvgIpc) is 2.29. The van der Waals surface area contributed by atoms with Gasteiger partial charge in [0.2, 0.25) is 0 Å². The first-order valence-corrected chi connectivity index (χ1v) is 5.64. The third-order valence-corrected chi connectivity index (χ3v) is 4.79. The van der Waals surface area contributed by atoms with Crippen molar-refractivity contribution in [1.82, 2.24) is 0 Å². The second kappa shape index (κ2) is 2.62. The van der Waals surface area contributed by atoms with Gasteiger partial charge in [-0.05, 0) is 42.9 Å². The minimum Gasteiger partial charge on any atom is -0.0847 e. The van der Waals surface area contributed by atoms with Gasteiger partial charge in [-0.25, -0.2) is 0 Å². The summed E-state index contributed by atoms with van der Waals surface area (Å²) in [5.41, 5.74) is 2.77. The Morgan fingerprint density at radius 1 is 1.23 bits per heavy atom. The molecule has 0 heteroatoms. The van der Waals surface area contributed by atoms with Crippen molar-refractivity contribution in [2.24, 2.45) is 16.7 Å². The molecule has 1 unspecified atom stereocenters. The van der Waals surface area contributed by atoms with Crippen molar-refractivity contribution < 1.29 is 0 Å². The number of hydrogen-bond acceptors (Lipinski definition) is 0. The van der Waals surface area contributed by atoms with Gasteiger partial charge >= 0.3 is 0 Å². The van der Waals surface area contributed by atoms with E-state index in [2.05, 4.69) is 33.8 Å².